The Balaban J connectivity index is 1.52. The average Bonchev–Trinajstić information content (AvgIpc) is 2.87. The first-order chi connectivity index (χ1) is 18.3. The number of amides is 2. The Morgan fingerprint density at radius 2 is 1.67 bits per heavy atom. The lowest BCUT2D eigenvalue weighted by Crippen LogP contribution is -2.42. The smallest absolute Gasteiger partial charge is 0.326 e. The van der Waals surface area contributed by atoms with Crippen LogP contribution in [0.1, 0.15) is 37.4 Å². The summed E-state index contributed by atoms with van der Waals surface area (Å²) in [7, 11) is -3.40. The third kappa shape index (κ3) is 6.55. The summed E-state index contributed by atoms with van der Waals surface area (Å²) in [6, 6.07) is 12.6. The van der Waals surface area contributed by atoms with Gasteiger partial charge in [0.25, 0.3) is 11.8 Å². The summed E-state index contributed by atoms with van der Waals surface area (Å²) in [4.78, 5) is 39.7. The highest BCUT2D eigenvalue weighted by Crippen LogP contribution is 2.35. The van der Waals surface area contributed by atoms with Crippen molar-refractivity contribution in [1.82, 2.24) is 10.2 Å². The van der Waals surface area contributed by atoms with Gasteiger partial charge in [-0.3, -0.25) is 9.59 Å². The van der Waals surface area contributed by atoms with Crippen LogP contribution in [0.3, 0.4) is 0 Å². The number of hydrogen-bond acceptors (Lipinski definition) is 5. The van der Waals surface area contributed by atoms with Crippen LogP contribution in [0.15, 0.2) is 59.5 Å². The van der Waals surface area contributed by atoms with Crippen LogP contribution in [0.25, 0.3) is 0 Å². The molecule has 39 heavy (non-hydrogen) atoms. The van der Waals surface area contributed by atoms with Gasteiger partial charge in [-0.1, -0.05) is 46.9 Å². The standard InChI is InChI=1S/C27H23Cl3N2O6S/c1-39(37,38)19-8-2-15(3-9-19)12-22(27(35)36)31-25(33)23-21(29)13-17-14-32(11-10-20(17)24(23)30)26(34)16-4-6-18(28)7-5-16/h2-9,13,22H,10-12,14H2,1H3,(H,31,33)(H,35,36)/t22-/m0/s1. The van der Waals surface area contributed by atoms with Crippen LogP contribution < -0.4 is 5.32 Å². The molecule has 0 radical (unpaired) electrons. The summed E-state index contributed by atoms with van der Waals surface area (Å²) in [5, 5.41) is 12.8. The van der Waals surface area contributed by atoms with Gasteiger partial charge in [-0.25, -0.2) is 13.2 Å². The molecule has 0 saturated heterocycles. The number of halogens is 3. The fourth-order valence-corrected chi connectivity index (χ4v) is 5.87. The predicted molar refractivity (Wildman–Crippen MR) is 149 cm³/mol. The van der Waals surface area contributed by atoms with Crippen LogP contribution in [-0.4, -0.2) is 55.1 Å². The third-order valence-corrected chi connectivity index (χ3v) is 8.50. The van der Waals surface area contributed by atoms with E-state index in [0.29, 0.717) is 40.2 Å². The zero-order chi connectivity index (χ0) is 28.5. The number of nitrogens with zero attached hydrogens (tertiary/aromatic N) is 1. The maximum Gasteiger partial charge on any atom is 0.326 e. The molecule has 204 valence electrons. The average molecular weight is 610 g/mol. The highest BCUT2D eigenvalue weighted by Gasteiger charge is 2.29. The van der Waals surface area contributed by atoms with E-state index in [1.165, 1.54) is 24.3 Å². The fourth-order valence-electron chi connectivity index (χ4n) is 4.35. The molecular formula is C27H23Cl3N2O6S. The number of benzene rings is 3. The molecule has 3 aromatic carbocycles. The van der Waals surface area contributed by atoms with E-state index in [4.69, 9.17) is 34.8 Å². The Kier molecular flexibility index (Phi) is 8.56. The highest BCUT2D eigenvalue weighted by molar-refractivity contribution is 7.90. The molecule has 0 aliphatic carbocycles. The minimum absolute atomic E-state index is 0.0266. The molecule has 0 unspecified atom stereocenters. The Labute approximate surface area is 240 Å². The van der Waals surface area contributed by atoms with Gasteiger partial charge in [-0.15, -0.1) is 0 Å². The number of aliphatic carboxylic acids is 1. The Morgan fingerprint density at radius 1 is 1.03 bits per heavy atom. The van der Waals surface area contributed by atoms with Gasteiger partial charge in [-0.05, 0) is 65.6 Å². The predicted octanol–water partition coefficient (Wildman–Crippen LogP) is 4.67. The number of fused-ring (bicyclic) bond motifs is 1. The number of carboxylic acids is 1. The summed E-state index contributed by atoms with van der Waals surface area (Å²) in [6.07, 6.45) is 1.36. The number of rotatable bonds is 7. The zero-order valence-corrected chi connectivity index (χ0v) is 23.7. The van der Waals surface area contributed by atoms with E-state index in [1.807, 2.05) is 0 Å². The number of carbonyl (C=O) groups excluding carboxylic acids is 2. The van der Waals surface area contributed by atoms with E-state index >= 15 is 0 Å². The zero-order valence-electron chi connectivity index (χ0n) is 20.6. The van der Waals surface area contributed by atoms with Gasteiger partial charge in [0.15, 0.2) is 9.84 Å². The monoisotopic (exact) mass is 608 g/mol. The number of sulfone groups is 1. The fraction of sp³-hybridized carbons (Fsp3) is 0.222. The van der Waals surface area contributed by atoms with Crippen molar-refractivity contribution in [1.29, 1.82) is 0 Å². The van der Waals surface area contributed by atoms with E-state index in [-0.39, 0.29) is 39.4 Å². The lowest BCUT2D eigenvalue weighted by molar-refractivity contribution is -0.139. The van der Waals surface area contributed by atoms with Gasteiger partial charge in [0, 0.05) is 36.4 Å². The molecule has 1 aliphatic rings. The number of hydrogen-bond donors (Lipinski definition) is 2. The summed E-state index contributed by atoms with van der Waals surface area (Å²) >= 11 is 19.0. The van der Waals surface area contributed by atoms with Crippen LogP contribution in [0.4, 0.5) is 0 Å². The van der Waals surface area contributed by atoms with Crippen LogP contribution in [0, 0.1) is 0 Å². The Hall–Kier alpha value is -3.11. The van der Waals surface area contributed by atoms with Crippen molar-refractivity contribution in [2.45, 2.75) is 30.3 Å². The summed E-state index contributed by atoms with van der Waals surface area (Å²) in [5.74, 6) is -2.22. The molecule has 1 atom stereocenters. The topological polar surface area (TPSA) is 121 Å². The van der Waals surface area contributed by atoms with Crippen LogP contribution in [0.2, 0.25) is 15.1 Å². The molecule has 0 bridgehead atoms. The molecule has 2 amide bonds. The molecule has 0 fully saturated rings. The quantitative estimate of drug-likeness (QED) is 0.402. The molecule has 0 aromatic heterocycles. The lowest BCUT2D eigenvalue weighted by Gasteiger charge is -2.30. The van der Waals surface area contributed by atoms with Gasteiger partial charge in [0.2, 0.25) is 0 Å². The second-order valence-electron chi connectivity index (χ2n) is 9.15. The highest BCUT2D eigenvalue weighted by atomic mass is 35.5. The molecule has 1 heterocycles. The van der Waals surface area contributed by atoms with E-state index in [9.17, 15) is 27.9 Å². The van der Waals surface area contributed by atoms with Gasteiger partial charge in [0.05, 0.1) is 20.5 Å². The van der Waals surface area contributed by atoms with Crippen molar-refractivity contribution < 1.29 is 27.9 Å². The largest absolute Gasteiger partial charge is 0.480 e. The number of carbonyl (C=O) groups is 3. The van der Waals surface area contributed by atoms with Crippen LogP contribution in [0.5, 0.6) is 0 Å². The van der Waals surface area contributed by atoms with E-state index in [1.54, 1.807) is 35.2 Å². The molecule has 1 aliphatic heterocycles. The van der Waals surface area contributed by atoms with Crippen molar-refractivity contribution in [3.05, 3.63) is 97.5 Å². The molecule has 12 heteroatoms. The normalized spacial score (nSPS) is 13.9. The first-order valence-corrected chi connectivity index (χ1v) is 14.7. The minimum Gasteiger partial charge on any atom is -0.480 e. The van der Waals surface area contributed by atoms with Crippen molar-refractivity contribution in [2.75, 3.05) is 12.8 Å². The van der Waals surface area contributed by atoms with Crippen molar-refractivity contribution in [2.24, 2.45) is 0 Å². The van der Waals surface area contributed by atoms with Gasteiger partial charge >= 0.3 is 5.97 Å². The van der Waals surface area contributed by atoms with Crippen LogP contribution in [-0.2, 0) is 34.0 Å². The van der Waals surface area contributed by atoms with E-state index in [2.05, 4.69) is 5.32 Å². The second-order valence-corrected chi connectivity index (χ2v) is 12.4. The van der Waals surface area contributed by atoms with E-state index < -0.39 is 27.8 Å². The molecule has 0 spiro atoms. The number of carboxylic acid groups (broad SMARTS) is 1. The summed E-state index contributed by atoms with van der Waals surface area (Å²) in [5.41, 5.74) is 2.31. The van der Waals surface area contributed by atoms with Gasteiger partial charge in [0.1, 0.15) is 6.04 Å². The van der Waals surface area contributed by atoms with Crippen molar-refractivity contribution in [3.63, 3.8) is 0 Å². The maximum absolute atomic E-state index is 13.1. The molecule has 3 aromatic rings. The van der Waals surface area contributed by atoms with Gasteiger partial charge in [-0.2, -0.15) is 0 Å². The van der Waals surface area contributed by atoms with E-state index in [0.717, 1.165) is 6.26 Å². The first-order valence-electron chi connectivity index (χ1n) is 11.7. The molecular weight excluding hydrogens is 587 g/mol. The SMILES string of the molecule is CS(=O)(=O)c1ccc(C[C@H](NC(=O)c2c(Cl)cc3c(c2Cl)CCN(C(=O)c2ccc(Cl)cc2)C3)C(=O)O)cc1. The molecule has 2 N–H and O–H groups in total. The van der Waals surface area contributed by atoms with Gasteiger partial charge < -0.3 is 15.3 Å². The van der Waals surface area contributed by atoms with Crippen molar-refractivity contribution in [3.8, 4) is 0 Å². The molecule has 8 nitrogen and oxygen atoms in total. The summed E-state index contributed by atoms with van der Waals surface area (Å²) in [6.45, 7) is 0.595. The van der Waals surface area contributed by atoms with Crippen molar-refractivity contribution >= 4 is 62.4 Å². The maximum atomic E-state index is 13.1. The second kappa shape index (κ2) is 11.6. The molecule has 0 saturated carbocycles. The third-order valence-electron chi connectivity index (χ3n) is 6.40. The van der Waals surface area contributed by atoms with Crippen LogP contribution >= 0.6 is 34.8 Å². The Morgan fingerprint density at radius 3 is 2.26 bits per heavy atom. The number of nitrogens with one attached hydrogen (secondary N) is 1. The molecule has 4 rings (SSSR count). The first kappa shape index (κ1) is 28.9. The minimum atomic E-state index is -3.40. The lowest BCUT2D eigenvalue weighted by atomic mass is 9.95. The summed E-state index contributed by atoms with van der Waals surface area (Å²) < 4.78 is 23.3. The Bertz CT molecular complexity index is 1560.